The van der Waals surface area contributed by atoms with Crippen LogP contribution < -0.4 is 5.32 Å². The SMILES string of the molecule is CC(=O)CCC(=O)N1CCC(NC(=O)CC(C)C)CC1. The van der Waals surface area contributed by atoms with Gasteiger partial charge in [-0.05, 0) is 25.7 Å². The number of amides is 2. The van der Waals surface area contributed by atoms with Crippen LogP contribution >= 0.6 is 0 Å². The second-order valence-electron chi connectivity index (χ2n) is 6.02. The Morgan fingerprint density at radius 2 is 1.75 bits per heavy atom. The summed E-state index contributed by atoms with van der Waals surface area (Å²) in [5.74, 6) is 0.561. The number of nitrogens with zero attached hydrogens (tertiary/aromatic N) is 1. The minimum absolute atomic E-state index is 0.0483. The maximum Gasteiger partial charge on any atom is 0.223 e. The van der Waals surface area contributed by atoms with Crippen molar-refractivity contribution in [3.05, 3.63) is 0 Å². The number of nitrogens with one attached hydrogen (secondary N) is 1. The number of rotatable bonds is 6. The van der Waals surface area contributed by atoms with Crippen LogP contribution in [0.5, 0.6) is 0 Å². The van der Waals surface area contributed by atoms with E-state index in [2.05, 4.69) is 5.32 Å². The Hall–Kier alpha value is -1.39. The molecule has 0 aromatic rings. The second kappa shape index (κ2) is 8.02. The molecule has 0 aromatic heterocycles. The summed E-state index contributed by atoms with van der Waals surface area (Å²) in [5, 5.41) is 3.03. The summed E-state index contributed by atoms with van der Waals surface area (Å²) in [7, 11) is 0. The second-order valence-corrected chi connectivity index (χ2v) is 6.02. The zero-order chi connectivity index (χ0) is 15.1. The van der Waals surface area contributed by atoms with Gasteiger partial charge < -0.3 is 15.0 Å². The van der Waals surface area contributed by atoms with Gasteiger partial charge in [0.05, 0.1) is 0 Å². The summed E-state index contributed by atoms with van der Waals surface area (Å²) in [6.07, 6.45) is 2.78. The van der Waals surface area contributed by atoms with Crippen molar-refractivity contribution in [2.75, 3.05) is 13.1 Å². The lowest BCUT2D eigenvalue weighted by atomic mass is 10.0. The molecule has 1 saturated heterocycles. The van der Waals surface area contributed by atoms with Crippen LogP contribution in [0.4, 0.5) is 0 Å². The smallest absolute Gasteiger partial charge is 0.223 e. The van der Waals surface area contributed by atoms with Gasteiger partial charge >= 0.3 is 0 Å². The van der Waals surface area contributed by atoms with Crippen molar-refractivity contribution >= 4 is 17.6 Å². The van der Waals surface area contributed by atoms with E-state index in [0.717, 1.165) is 12.8 Å². The fraction of sp³-hybridized carbons (Fsp3) is 0.800. The summed E-state index contributed by atoms with van der Waals surface area (Å²) in [5.41, 5.74) is 0. The molecule has 0 radical (unpaired) electrons. The Morgan fingerprint density at radius 3 is 2.25 bits per heavy atom. The molecule has 1 rings (SSSR count). The molecular formula is C15H26N2O3. The normalized spacial score (nSPS) is 16.3. The van der Waals surface area contributed by atoms with E-state index < -0.39 is 0 Å². The molecule has 0 bridgehead atoms. The third kappa shape index (κ3) is 6.17. The lowest BCUT2D eigenvalue weighted by Gasteiger charge is -2.32. The van der Waals surface area contributed by atoms with Gasteiger partial charge in [-0.2, -0.15) is 0 Å². The van der Waals surface area contributed by atoms with Crippen molar-refractivity contribution in [1.82, 2.24) is 10.2 Å². The van der Waals surface area contributed by atoms with Crippen LogP contribution in [-0.2, 0) is 14.4 Å². The van der Waals surface area contributed by atoms with E-state index in [1.807, 2.05) is 13.8 Å². The van der Waals surface area contributed by atoms with Gasteiger partial charge in [0.2, 0.25) is 11.8 Å². The summed E-state index contributed by atoms with van der Waals surface area (Å²) in [6.45, 7) is 6.89. The fourth-order valence-electron chi connectivity index (χ4n) is 2.37. The van der Waals surface area contributed by atoms with E-state index in [1.165, 1.54) is 6.92 Å². The monoisotopic (exact) mass is 282 g/mol. The van der Waals surface area contributed by atoms with Crippen molar-refractivity contribution in [3.8, 4) is 0 Å². The van der Waals surface area contributed by atoms with Crippen LogP contribution in [0, 0.1) is 5.92 Å². The predicted molar refractivity (Wildman–Crippen MR) is 77.1 cm³/mol. The number of carbonyl (C=O) groups is 3. The Bertz CT molecular complexity index is 358. The van der Waals surface area contributed by atoms with Gasteiger partial charge in [0, 0.05) is 38.4 Å². The molecule has 0 unspecified atom stereocenters. The number of Topliss-reactive ketones (excluding diaryl/α,β-unsaturated/α-hetero) is 1. The number of piperidine rings is 1. The first-order chi connectivity index (χ1) is 9.38. The van der Waals surface area contributed by atoms with Crippen molar-refractivity contribution in [3.63, 3.8) is 0 Å². The maximum atomic E-state index is 11.9. The lowest BCUT2D eigenvalue weighted by molar-refractivity contribution is -0.134. The average molecular weight is 282 g/mol. The van der Waals surface area contributed by atoms with Crippen LogP contribution in [0.3, 0.4) is 0 Å². The van der Waals surface area contributed by atoms with Crippen molar-refractivity contribution < 1.29 is 14.4 Å². The summed E-state index contributed by atoms with van der Waals surface area (Å²) < 4.78 is 0. The number of ketones is 1. The zero-order valence-electron chi connectivity index (χ0n) is 12.8. The third-order valence-electron chi connectivity index (χ3n) is 3.50. The molecule has 0 atom stereocenters. The van der Waals surface area contributed by atoms with Crippen molar-refractivity contribution in [2.45, 2.75) is 58.9 Å². The van der Waals surface area contributed by atoms with Gasteiger partial charge in [0.1, 0.15) is 5.78 Å². The molecule has 1 heterocycles. The van der Waals surface area contributed by atoms with Crippen LogP contribution in [-0.4, -0.2) is 41.6 Å². The maximum absolute atomic E-state index is 11.9. The lowest BCUT2D eigenvalue weighted by Crippen LogP contribution is -2.46. The van der Waals surface area contributed by atoms with E-state index in [4.69, 9.17) is 0 Å². The van der Waals surface area contributed by atoms with E-state index >= 15 is 0 Å². The molecule has 114 valence electrons. The largest absolute Gasteiger partial charge is 0.353 e. The molecule has 2 amide bonds. The Morgan fingerprint density at radius 1 is 1.15 bits per heavy atom. The highest BCUT2D eigenvalue weighted by Gasteiger charge is 2.23. The molecule has 1 aliphatic heterocycles. The molecule has 0 spiro atoms. The molecule has 20 heavy (non-hydrogen) atoms. The molecule has 0 saturated carbocycles. The summed E-state index contributed by atoms with van der Waals surface area (Å²) in [4.78, 5) is 36.2. The molecular weight excluding hydrogens is 256 g/mol. The average Bonchev–Trinajstić information content (AvgIpc) is 2.35. The molecule has 0 aromatic carbocycles. The van der Waals surface area contributed by atoms with E-state index in [0.29, 0.717) is 38.3 Å². The molecule has 1 fully saturated rings. The van der Waals surface area contributed by atoms with Crippen LogP contribution in [0.2, 0.25) is 0 Å². The van der Waals surface area contributed by atoms with Gasteiger partial charge in [-0.1, -0.05) is 13.8 Å². The van der Waals surface area contributed by atoms with Gasteiger partial charge in [-0.15, -0.1) is 0 Å². The molecule has 1 aliphatic rings. The first-order valence-electron chi connectivity index (χ1n) is 7.45. The molecule has 0 aliphatic carbocycles. The van der Waals surface area contributed by atoms with Crippen LogP contribution in [0.25, 0.3) is 0 Å². The third-order valence-corrected chi connectivity index (χ3v) is 3.50. The van der Waals surface area contributed by atoms with Crippen LogP contribution in [0.1, 0.15) is 52.9 Å². The minimum atomic E-state index is 0.0483. The molecule has 1 N–H and O–H groups in total. The minimum Gasteiger partial charge on any atom is -0.353 e. The summed E-state index contributed by atoms with van der Waals surface area (Å²) >= 11 is 0. The highest BCUT2D eigenvalue weighted by Crippen LogP contribution is 2.13. The first-order valence-corrected chi connectivity index (χ1v) is 7.45. The van der Waals surface area contributed by atoms with Gasteiger partial charge in [0.15, 0.2) is 0 Å². The number of hydrogen-bond acceptors (Lipinski definition) is 3. The molecule has 5 nitrogen and oxygen atoms in total. The number of carbonyl (C=O) groups excluding carboxylic acids is 3. The quantitative estimate of drug-likeness (QED) is 0.803. The Labute approximate surface area is 121 Å². The fourth-order valence-corrected chi connectivity index (χ4v) is 2.37. The highest BCUT2D eigenvalue weighted by molar-refractivity contribution is 5.83. The first kappa shape index (κ1) is 16.7. The van der Waals surface area contributed by atoms with Crippen molar-refractivity contribution in [1.29, 1.82) is 0 Å². The van der Waals surface area contributed by atoms with Crippen LogP contribution in [0.15, 0.2) is 0 Å². The summed E-state index contributed by atoms with van der Waals surface area (Å²) in [6, 6.07) is 0.179. The van der Waals surface area contributed by atoms with E-state index in [-0.39, 0.29) is 23.6 Å². The zero-order valence-corrected chi connectivity index (χ0v) is 12.8. The highest BCUT2D eigenvalue weighted by atomic mass is 16.2. The van der Waals surface area contributed by atoms with Gasteiger partial charge in [0.25, 0.3) is 0 Å². The Kier molecular flexibility index (Phi) is 6.68. The van der Waals surface area contributed by atoms with Crippen molar-refractivity contribution in [2.24, 2.45) is 5.92 Å². The van der Waals surface area contributed by atoms with Gasteiger partial charge in [-0.3, -0.25) is 9.59 Å². The topological polar surface area (TPSA) is 66.5 Å². The van der Waals surface area contributed by atoms with E-state index in [9.17, 15) is 14.4 Å². The number of likely N-dealkylation sites (tertiary alicyclic amines) is 1. The number of hydrogen-bond donors (Lipinski definition) is 1. The van der Waals surface area contributed by atoms with Gasteiger partial charge in [-0.25, -0.2) is 0 Å². The standard InChI is InChI=1S/C15H26N2O3/c1-11(2)10-14(19)16-13-6-8-17(9-7-13)15(20)5-4-12(3)18/h11,13H,4-10H2,1-3H3,(H,16,19). The van der Waals surface area contributed by atoms with E-state index in [1.54, 1.807) is 4.90 Å². The predicted octanol–water partition coefficient (Wildman–Crippen LogP) is 1.51. The Balaban J connectivity index is 2.27. The molecule has 5 heteroatoms.